The Bertz CT molecular complexity index is 674. The summed E-state index contributed by atoms with van der Waals surface area (Å²) in [5.41, 5.74) is -0.138. The van der Waals surface area contributed by atoms with Crippen molar-refractivity contribution in [2.45, 2.75) is 32.2 Å². The number of benzene rings is 1. The maximum atomic E-state index is 12.3. The molecule has 0 unspecified atom stereocenters. The number of carbonyl (C=O) groups excluding carboxylic acids is 2. The maximum Gasteiger partial charge on any atom is 0.303 e. The van der Waals surface area contributed by atoms with Crippen molar-refractivity contribution in [3.8, 4) is 5.75 Å². The standard InChI is InChI=1S/C16H19BrN2O5/c1-16(2,6-5-15(22)23)18-13(20)8-19-11-4-3-10(17)7-12(11)24-9-14(19)21/h3-4,7H,5-6,8-9H2,1-2H3,(H,18,20)(H,22,23). The summed E-state index contributed by atoms with van der Waals surface area (Å²) >= 11 is 3.33. The molecule has 1 aromatic rings. The van der Waals surface area contributed by atoms with Crippen molar-refractivity contribution in [1.82, 2.24) is 5.32 Å². The third-order valence-electron chi connectivity index (χ3n) is 3.61. The van der Waals surface area contributed by atoms with Gasteiger partial charge in [0.05, 0.1) is 5.69 Å². The van der Waals surface area contributed by atoms with Gasteiger partial charge in [-0.05, 0) is 38.5 Å². The molecule has 130 valence electrons. The SMILES string of the molecule is CC(C)(CCC(=O)O)NC(=O)CN1C(=O)COc2cc(Br)ccc21. The zero-order chi connectivity index (χ0) is 17.9. The first-order valence-electron chi connectivity index (χ1n) is 7.43. The second-order valence-electron chi connectivity index (χ2n) is 6.21. The minimum atomic E-state index is -0.916. The Kier molecular flexibility index (Phi) is 5.48. The van der Waals surface area contributed by atoms with E-state index in [1.807, 2.05) is 0 Å². The molecule has 0 atom stereocenters. The predicted molar refractivity (Wildman–Crippen MR) is 91.1 cm³/mol. The van der Waals surface area contributed by atoms with Gasteiger partial charge in [-0.2, -0.15) is 0 Å². The summed E-state index contributed by atoms with van der Waals surface area (Å²) in [5.74, 6) is -1.04. The van der Waals surface area contributed by atoms with E-state index in [1.54, 1.807) is 32.0 Å². The van der Waals surface area contributed by atoms with Crippen molar-refractivity contribution in [2.75, 3.05) is 18.1 Å². The van der Waals surface area contributed by atoms with Crippen molar-refractivity contribution in [2.24, 2.45) is 0 Å². The van der Waals surface area contributed by atoms with Crippen molar-refractivity contribution in [1.29, 1.82) is 0 Å². The molecule has 0 aromatic heterocycles. The van der Waals surface area contributed by atoms with Gasteiger partial charge in [0, 0.05) is 16.4 Å². The van der Waals surface area contributed by atoms with E-state index in [1.165, 1.54) is 4.90 Å². The smallest absolute Gasteiger partial charge is 0.303 e. The quantitative estimate of drug-likeness (QED) is 0.762. The fourth-order valence-electron chi connectivity index (χ4n) is 2.39. The first-order valence-corrected chi connectivity index (χ1v) is 8.23. The average Bonchev–Trinajstić information content (AvgIpc) is 2.48. The highest BCUT2D eigenvalue weighted by molar-refractivity contribution is 9.10. The highest BCUT2D eigenvalue weighted by Crippen LogP contribution is 2.34. The van der Waals surface area contributed by atoms with Crippen molar-refractivity contribution >= 4 is 39.4 Å². The summed E-state index contributed by atoms with van der Waals surface area (Å²) in [6.45, 7) is 3.23. The molecule has 0 saturated carbocycles. The van der Waals surface area contributed by atoms with Crippen LogP contribution in [0.1, 0.15) is 26.7 Å². The molecule has 0 aliphatic carbocycles. The van der Waals surface area contributed by atoms with Crippen LogP contribution in [0.4, 0.5) is 5.69 Å². The summed E-state index contributed by atoms with van der Waals surface area (Å²) < 4.78 is 6.19. The Hall–Kier alpha value is -2.09. The monoisotopic (exact) mass is 398 g/mol. The van der Waals surface area contributed by atoms with Gasteiger partial charge in [0.1, 0.15) is 12.3 Å². The summed E-state index contributed by atoms with van der Waals surface area (Å²) in [6, 6.07) is 5.21. The number of hydrogen-bond donors (Lipinski definition) is 2. The van der Waals surface area contributed by atoms with Gasteiger partial charge in [-0.15, -0.1) is 0 Å². The number of carboxylic acid groups (broad SMARTS) is 1. The molecule has 1 heterocycles. The first kappa shape index (κ1) is 18.3. The van der Waals surface area contributed by atoms with Crippen molar-refractivity contribution in [3.63, 3.8) is 0 Å². The van der Waals surface area contributed by atoms with Gasteiger partial charge in [-0.3, -0.25) is 19.3 Å². The van der Waals surface area contributed by atoms with E-state index in [2.05, 4.69) is 21.2 Å². The molecule has 2 amide bonds. The van der Waals surface area contributed by atoms with E-state index in [-0.39, 0.29) is 31.4 Å². The fourth-order valence-corrected chi connectivity index (χ4v) is 2.73. The lowest BCUT2D eigenvalue weighted by Crippen LogP contribution is -2.50. The molecule has 0 fully saturated rings. The van der Waals surface area contributed by atoms with E-state index < -0.39 is 11.5 Å². The van der Waals surface area contributed by atoms with Crippen LogP contribution >= 0.6 is 15.9 Å². The minimum Gasteiger partial charge on any atom is -0.482 e. The van der Waals surface area contributed by atoms with E-state index in [0.717, 1.165) is 4.47 Å². The molecule has 2 N–H and O–H groups in total. The molecule has 2 rings (SSSR count). The number of carbonyl (C=O) groups is 3. The lowest BCUT2D eigenvalue weighted by Gasteiger charge is -2.31. The normalized spacial score (nSPS) is 14.0. The van der Waals surface area contributed by atoms with E-state index >= 15 is 0 Å². The van der Waals surface area contributed by atoms with Crippen LogP contribution in [0, 0.1) is 0 Å². The van der Waals surface area contributed by atoms with E-state index in [4.69, 9.17) is 9.84 Å². The Morgan fingerprint density at radius 2 is 2.12 bits per heavy atom. The van der Waals surface area contributed by atoms with Gasteiger partial charge in [-0.1, -0.05) is 15.9 Å². The molecular formula is C16H19BrN2O5. The van der Waals surface area contributed by atoms with Gasteiger partial charge in [-0.25, -0.2) is 0 Å². The number of nitrogens with one attached hydrogen (secondary N) is 1. The summed E-state index contributed by atoms with van der Waals surface area (Å²) in [7, 11) is 0. The largest absolute Gasteiger partial charge is 0.482 e. The number of rotatable bonds is 6. The molecule has 0 spiro atoms. The highest BCUT2D eigenvalue weighted by Gasteiger charge is 2.29. The number of carboxylic acids is 1. The zero-order valence-corrected chi connectivity index (χ0v) is 15.1. The molecule has 0 radical (unpaired) electrons. The Balaban J connectivity index is 2.06. The Labute approximate surface area is 148 Å². The zero-order valence-electron chi connectivity index (χ0n) is 13.5. The van der Waals surface area contributed by atoms with Crippen LogP contribution in [0.25, 0.3) is 0 Å². The molecule has 0 bridgehead atoms. The van der Waals surface area contributed by atoms with Gasteiger partial charge < -0.3 is 15.2 Å². The number of aliphatic carboxylic acids is 1. The first-order chi connectivity index (χ1) is 11.2. The van der Waals surface area contributed by atoms with Crippen molar-refractivity contribution in [3.05, 3.63) is 22.7 Å². The van der Waals surface area contributed by atoms with Gasteiger partial charge in [0.2, 0.25) is 5.91 Å². The van der Waals surface area contributed by atoms with Crippen molar-refractivity contribution < 1.29 is 24.2 Å². The number of hydrogen-bond acceptors (Lipinski definition) is 4. The van der Waals surface area contributed by atoms with Gasteiger partial charge >= 0.3 is 5.97 Å². The third kappa shape index (κ3) is 4.70. The lowest BCUT2D eigenvalue weighted by molar-refractivity contribution is -0.137. The van der Waals surface area contributed by atoms with E-state index in [9.17, 15) is 14.4 Å². The van der Waals surface area contributed by atoms with E-state index in [0.29, 0.717) is 17.9 Å². The molecule has 1 aliphatic heterocycles. The molecule has 1 aliphatic rings. The van der Waals surface area contributed by atoms with Crippen LogP contribution in [0.3, 0.4) is 0 Å². The second kappa shape index (κ2) is 7.21. The average molecular weight is 399 g/mol. The van der Waals surface area contributed by atoms with Crippen LogP contribution < -0.4 is 15.0 Å². The molecular weight excluding hydrogens is 380 g/mol. The Morgan fingerprint density at radius 1 is 1.42 bits per heavy atom. The molecule has 0 saturated heterocycles. The number of nitrogens with zero attached hydrogens (tertiary/aromatic N) is 1. The number of ether oxygens (including phenoxy) is 1. The third-order valence-corrected chi connectivity index (χ3v) is 4.10. The van der Waals surface area contributed by atoms with Crippen LogP contribution in [-0.2, 0) is 14.4 Å². The fraction of sp³-hybridized carbons (Fsp3) is 0.438. The van der Waals surface area contributed by atoms with Crippen LogP contribution in [-0.4, -0.2) is 41.6 Å². The number of fused-ring (bicyclic) bond motifs is 1. The topological polar surface area (TPSA) is 95.9 Å². The highest BCUT2D eigenvalue weighted by atomic mass is 79.9. The number of anilines is 1. The summed E-state index contributed by atoms with van der Waals surface area (Å²) in [4.78, 5) is 36.4. The molecule has 24 heavy (non-hydrogen) atoms. The summed E-state index contributed by atoms with van der Waals surface area (Å²) in [5, 5.41) is 11.5. The number of amides is 2. The van der Waals surface area contributed by atoms with Gasteiger partial charge in [0.15, 0.2) is 6.61 Å². The maximum absolute atomic E-state index is 12.3. The minimum absolute atomic E-state index is 0.0410. The predicted octanol–water partition coefficient (Wildman–Crippen LogP) is 1.93. The Morgan fingerprint density at radius 3 is 2.79 bits per heavy atom. The van der Waals surface area contributed by atoms with Crippen LogP contribution in [0.15, 0.2) is 22.7 Å². The van der Waals surface area contributed by atoms with Gasteiger partial charge in [0.25, 0.3) is 5.91 Å². The van der Waals surface area contributed by atoms with Crippen LogP contribution in [0.2, 0.25) is 0 Å². The lowest BCUT2D eigenvalue weighted by atomic mass is 9.98. The second-order valence-corrected chi connectivity index (χ2v) is 7.12. The molecule has 8 heteroatoms. The molecule has 1 aromatic carbocycles. The molecule has 7 nitrogen and oxygen atoms in total. The number of halogens is 1. The van der Waals surface area contributed by atoms with Crippen LogP contribution in [0.5, 0.6) is 5.75 Å². The summed E-state index contributed by atoms with van der Waals surface area (Å²) in [6.07, 6.45) is 0.259.